The molecule has 0 saturated carbocycles. The second-order valence-electron chi connectivity index (χ2n) is 5.23. The Hall–Kier alpha value is -3.44. The maximum atomic E-state index is 13.7. The van der Waals surface area contributed by atoms with Crippen LogP contribution in [-0.4, -0.2) is 14.8 Å². The van der Waals surface area contributed by atoms with Crippen LogP contribution in [0.2, 0.25) is 0 Å². The zero-order chi connectivity index (χ0) is 17.1. The van der Waals surface area contributed by atoms with Crippen molar-refractivity contribution in [2.24, 2.45) is 0 Å². The van der Waals surface area contributed by atoms with E-state index in [0.29, 0.717) is 11.4 Å². The van der Waals surface area contributed by atoms with Gasteiger partial charge in [-0.3, -0.25) is 0 Å². The smallest absolute Gasteiger partial charge is 0.126 e. The summed E-state index contributed by atoms with van der Waals surface area (Å²) in [6.45, 7) is 3.70. The second kappa shape index (κ2) is 6.36. The van der Waals surface area contributed by atoms with Crippen LogP contribution in [0.15, 0.2) is 42.6 Å². The Labute approximate surface area is 139 Å². The van der Waals surface area contributed by atoms with Crippen LogP contribution < -0.4 is 0 Å². The molecule has 3 rings (SSSR count). The molecule has 24 heavy (non-hydrogen) atoms. The first kappa shape index (κ1) is 15.5. The normalized spacial score (nSPS) is 9.92. The Morgan fingerprint density at radius 3 is 2.67 bits per heavy atom. The SMILES string of the molecule is Cc1nn(-c2cc(F)cc(C#N)c2)c(C)c1C#Cc1ccccn1. The quantitative estimate of drug-likeness (QED) is 0.647. The average molecular weight is 316 g/mol. The van der Waals surface area contributed by atoms with Crippen molar-refractivity contribution < 1.29 is 4.39 Å². The average Bonchev–Trinajstić information content (AvgIpc) is 2.87. The van der Waals surface area contributed by atoms with E-state index in [0.717, 1.165) is 17.0 Å². The van der Waals surface area contributed by atoms with Gasteiger partial charge in [-0.15, -0.1) is 0 Å². The van der Waals surface area contributed by atoms with Gasteiger partial charge in [-0.1, -0.05) is 12.0 Å². The Kier molecular flexibility index (Phi) is 4.09. The number of nitriles is 1. The number of aryl methyl sites for hydroxylation is 1. The molecule has 0 unspecified atom stereocenters. The lowest BCUT2D eigenvalue weighted by atomic mass is 10.2. The van der Waals surface area contributed by atoms with E-state index >= 15 is 0 Å². The highest BCUT2D eigenvalue weighted by atomic mass is 19.1. The number of benzene rings is 1. The Bertz CT molecular complexity index is 1000. The number of aromatic nitrogens is 3. The van der Waals surface area contributed by atoms with Crippen LogP contribution in [0.5, 0.6) is 0 Å². The van der Waals surface area contributed by atoms with Gasteiger partial charge in [0.15, 0.2) is 0 Å². The van der Waals surface area contributed by atoms with Gasteiger partial charge in [-0.2, -0.15) is 10.4 Å². The summed E-state index contributed by atoms with van der Waals surface area (Å²) >= 11 is 0. The molecule has 4 nitrogen and oxygen atoms in total. The molecule has 0 aliphatic heterocycles. The van der Waals surface area contributed by atoms with Crippen molar-refractivity contribution >= 4 is 0 Å². The fourth-order valence-corrected chi connectivity index (χ4v) is 2.40. The molecule has 0 fully saturated rings. The highest BCUT2D eigenvalue weighted by Crippen LogP contribution is 2.19. The minimum Gasteiger partial charge on any atom is -0.248 e. The van der Waals surface area contributed by atoms with Gasteiger partial charge in [0, 0.05) is 6.20 Å². The Morgan fingerprint density at radius 2 is 1.96 bits per heavy atom. The van der Waals surface area contributed by atoms with Crippen LogP contribution in [0.1, 0.15) is 28.2 Å². The largest absolute Gasteiger partial charge is 0.248 e. The minimum atomic E-state index is -0.474. The van der Waals surface area contributed by atoms with Gasteiger partial charge >= 0.3 is 0 Å². The summed E-state index contributed by atoms with van der Waals surface area (Å²) in [5.74, 6) is 5.60. The monoisotopic (exact) mass is 316 g/mol. The summed E-state index contributed by atoms with van der Waals surface area (Å²) < 4.78 is 15.3. The standard InChI is InChI=1S/C19H13FN4/c1-13-19(7-6-17-5-3-4-8-22-17)14(2)24(23-13)18-10-15(12-21)9-16(20)11-18/h3-5,8-11H,1-2H3. The third-order valence-electron chi connectivity index (χ3n) is 3.53. The predicted octanol–water partition coefficient (Wildman–Crippen LogP) is 3.29. The molecule has 0 aliphatic rings. The molecule has 0 saturated heterocycles. The lowest BCUT2D eigenvalue weighted by molar-refractivity contribution is 0.624. The fourth-order valence-electron chi connectivity index (χ4n) is 2.40. The molecule has 3 aromatic rings. The summed E-state index contributed by atoms with van der Waals surface area (Å²) in [5, 5.41) is 13.4. The summed E-state index contributed by atoms with van der Waals surface area (Å²) in [5.41, 5.74) is 3.70. The molecule has 116 valence electrons. The summed E-state index contributed by atoms with van der Waals surface area (Å²) in [6, 6.07) is 11.6. The Balaban J connectivity index is 2.07. The van der Waals surface area contributed by atoms with Crippen LogP contribution in [0.3, 0.4) is 0 Å². The van der Waals surface area contributed by atoms with Crippen LogP contribution in [0.25, 0.3) is 5.69 Å². The van der Waals surface area contributed by atoms with E-state index in [2.05, 4.69) is 21.9 Å². The maximum absolute atomic E-state index is 13.7. The molecule has 0 N–H and O–H groups in total. The van der Waals surface area contributed by atoms with Crippen molar-refractivity contribution in [1.29, 1.82) is 5.26 Å². The maximum Gasteiger partial charge on any atom is 0.126 e. The number of rotatable bonds is 1. The number of pyridine rings is 1. The van der Waals surface area contributed by atoms with E-state index < -0.39 is 5.82 Å². The van der Waals surface area contributed by atoms with Crippen molar-refractivity contribution in [3.63, 3.8) is 0 Å². The molecule has 0 aliphatic carbocycles. The van der Waals surface area contributed by atoms with E-state index in [-0.39, 0.29) is 5.56 Å². The highest BCUT2D eigenvalue weighted by Gasteiger charge is 2.12. The van der Waals surface area contributed by atoms with Gasteiger partial charge in [0.05, 0.1) is 34.3 Å². The van der Waals surface area contributed by atoms with Crippen LogP contribution in [0, 0.1) is 42.8 Å². The lowest BCUT2D eigenvalue weighted by Gasteiger charge is -2.05. The summed E-state index contributed by atoms with van der Waals surface area (Å²) in [4.78, 5) is 4.17. The fraction of sp³-hybridized carbons (Fsp3) is 0.105. The highest BCUT2D eigenvalue weighted by molar-refractivity contribution is 5.49. The van der Waals surface area contributed by atoms with Gasteiger partial charge < -0.3 is 0 Å². The van der Waals surface area contributed by atoms with Gasteiger partial charge in [-0.25, -0.2) is 14.1 Å². The van der Waals surface area contributed by atoms with E-state index in [1.165, 1.54) is 12.1 Å². The first-order valence-electron chi connectivity index (χ1n) is 7.29. The molecule has 2 aromatic heterocycles. The van der Waals surface area contributed by atoms with Gasteiger partial charge in [-0.05, 0) is 50.1 Å². The van der Waals surface area contributed by atoms with Gasteiger partial charge in [0.2, 0.25) is 0 Å². The van der Waals surface area contributed by atoms with Gasteiger partial charge in [0.1, 0.15) is 11.5 Å². The van der Waals surface area contributed by atoms with Crippen LogP contribution >= 0.6 is 0 Å². The molecular weight excluding hydrogens is 303 g/mol. The minimum absolute atomic E-state index is 0.249. The van der Waals surface area contributed by atoms with Gasteiger partial charge in [0.25, 0.3) is 0 Å². The van der Waals surface area contributed by atoms with Crippen molar-refractivity contribution in [2.45, 2.75) is 13.8 Å². The third kappa shape index (κ3) is 3.02. The van der Waals surface area contributed by atoms with Crippen molar-refractivity contribution in [3.05, 3.63) is 76.6 Å². The van der Waals surface area contributed by atoms with Crippen LogP contribution in [-0.2, 0) is 0 Å². The molecule has 0 bridgehead atoms. The molecule has 0 radical (unpaired) electrons. The second-order valence-corrected chi connectivity index (χ2v) is 5.23. The molecule has 1 aromatic carbocycles. The number of hydrogen-bond donors (Lipinski definition) is 0. The van der Waals surface area contributed by atoms with E-state index in [1.54, 1.807) is 16.9 Å². The molecular formula is C19H13FN4. The zero-order valence-electron chi connectivity index (χ0n) is 13.2. The van der Waals surface area contributed by atoms with Crippen molar-refractivity contribution in [3.8, 4) is 23.6 Å². The first-order valence-corrected chi connectivity index (χ1v) is 7.29. The zero-order valence-corrected chi connectivity index (χ0v) is 13.2. The number of hydrogen-bond acceptors (Lipinski definition) is 3. The van der Waals surface area contributed by atoms with E-state index in [9.17, 15) is 4.39 Å². The number of halogens is 1. The molecule has 0 spiro atoms. The molecule has 5 heteroatoms. The first-order chi connectivity index (χ1) is 11.6. The predicted molar refractivity (Wildman–Crippen MR) is 87.9 cm³/mol. The molecule has 2 heterocycles. The van der Waals surface area contributed by atoms with E-state index in [1.807, 2.05) is 38.1 Å². The topological polar surface area (TPSA) is 54.5 Å². The Morgan fingerprint density at radius 1 is 1.12 bits per heavy atom. The summed E-state index contributed by atoms with van der Waals surface area (Å²) in [6.07, 6.45) is 1.68. The molecule has 0 atom stereocenters. The third-order valence-corrected chi connectivity index (χ3v) is 3.53. The van der Waals surface area contributed by atoms with Crippen molar-refractivity contribution in [2.75, 3.05) is 0 Å². The van der Waals surface area contributed by atoms with E-state index in [4.69, 9.17) is 5.26 Å². The van der Waals surface area contributed by atoms with Crippen LogP contribution in [0.4, 0.5) is 4.39 Å². The van der Waals surface area contributed by atoms with Crippen molar-refractivity contribution in [1.82, 2.24) is 14.8 Å². The number of nitrogens with zero attached hydrogens (tertiary/aromatic N) is 4. The lowest BCUT2D eigenvalue weighted by Crippen LogP contribution is -2.00. The summed E-state index contributed by atoms with van der Waals surface area (Å²) in [7, 11) is 0. The molecule has 0 amide bonds.